The van der Waals surface area contributed by atoms with Crippen molar-refractivity contribution < 1.29 is 4.79 Å². The zero-order chi connectivity index (χ0) is 13.7. The van der Waals surface area contributed by atoms with Gasteiger partial charge in [-0.25, -0.2) is 5.43 Å². The van der Waals surface area contributed by atoms with Crippen molar-refractivity contribution in [2.75, 3.05) is 0 Å². The summed E-state index contributed by atoms with van der Waals surface area (Å²) in [6.45, 7) is 2.23. The lowest BCUT2D eigenvalue weighted by atomic mass is 9.89. The van der Waals surface area contributed by atoms with Gasteiger partial charge in [0.15, 0.2) is 0 Å². The SMILES string of the molecule is CC1CCC/C(=N\NC(=O)Cc2ccc(Cl)cc2)C1. The number of halogens is 1. The minimum absolute atomic E-state index is 0.0759. The fourth-order valence-corrected chi connectivity index (χ4v) is 2.46. The van der Waals surface area contributed by atoms with E-state index in [0.29, 0.717) is 17.4 Å². The van der Waals surface area contributed by atoms with Crippen LogP contribution >= 0.6 is 11.6 Å². The molecule has 1 N–H and O–H groups in total. The van der Waals surface area contributed by atoms with Gasteiger partial charge in [0.2, 0.25) is 5.91 Å². The Morgan fingerprint density at radius 3 is 2.84 bits per heavy atom. The Morgan fingerprint density at radius 2 is 2.16 bits per heavy atom. The Kier molecular flexibility index (Phi) is 4.97. The first kappa shape index (κ1) is 14.1. The molecule has 1 amide bonds. The second kappa shape index (κ2) is 6.71. The molecule has 19 heavy (non-hydrogen) atoms. The average molecular weight is 279 g/mol. The molecule has 0 heterocycles. The van der Waals surface area contributed by atoms with Crippen LogP contribution in [0.15, 0.2) is 29.4 Å². The highest BCUT2D eigenvalue weighted by atomic mass is 35.5. The van der Waals surface area contributed by atoms with Crippen molar-refractivity contribution in [1.82, 2.24) is 5.43 Å². The summed E-state index contributed by atoms with van der Waals surface area (Å²) >= 11 is 5.80. The van der Waals surface area contributed by atoms with Crippen molar-refractivity contribution in [3.63, 3.8) is 0 Å². The standard InChI is InChI=1S/C15H19ClN2O/c1-11-3-2-4-14(9-11)17-18-15(19)10-12-5-7-13(16)8-6-12/h5-8,11H,2-4,9-10H2,1H3,(H,18,19)/b17-14+. The van der Waals surface area contributed by atoms with Gasteiger partial charge < -0.3 is 0 Å². The lowest BCUT2D eigenvalue weighted by molar-refractivity contribution is -0.120. The summed E-state index contributed by atoms with van der Waals surface area (Å²) in [5.74, 6) is 0.605. The Morgan fingerprint density at radius 1 is 1.42 bits per heavy atom. The van der Waals surface area contributed by atoms with E-state index in [9.17, 15) is 4.79 Å². The maximum Gasteiger partial charge on any atom is 0.244 e. The summed E-state index contributed by atoms with van der Waals surface area (Å²) in [7, 11) is 0. The van der Waals surface area contributed by atoms with Crippen LogP contribution < -0.4 is 5.43 Å². The molecular formula is C15H19ClN2O. The molecule has 1 unspecified atom stereocenters. The Labute approximate surface area is 119 Å². The van der Waals surface area contributed by atoms with E-state index >= 15 is 0 Å². The maximum absolute atomic E-state index is 11.8. The monoisotopic (exact) mass is 278 g/mol. The molecule has 102 valence electrons. The van der Waals surface area contributed by atoms with Crippen molar-refractivity contribution in [2.45, 2.75) is 39.0 Å². The molecule has 4 heteroatoms. The Bertz CT molecular complexity index is 468. The summed E-state index contributed by atoms with van der Waals surface area (Å²) in [5.41, 5.74) is 4.71. The molecular weight excluding hydrogens is 260 g/mol. The lowest BCUT2D eigenvalue weighted by Gasteiger charge is -2.18. The Hall–Kier alpha value is -1.35. The number of nitrogens with zero attached hydrogens (tertiary/aromatic N) is 1. The van der Waals surface area contributed by atoms with Gasteiger partial charge in [0.05, 0.1) is 6.42 Å². The number of carbonyl (C=O) groups is 1. The van der Waals surface area contributed by atoms with Gasteiger partial charge in [0.1, 0.15) is 0 Å². The normalized spacial score (nSPS) is 21.4. The van der Waals surface area contributed by atoms with Crippen LogP contribution in [0.5, 0.6) is 0 Å². The number of hydrogen-bond donors (Lipinski definition) is 1. The predicted molar refractivity (Wildman–Crippen MR) is 78.4 cm³/mol. The molecule has 1 aliphatic rings. The fraction of sp³-hybridized carbons (Fsp3) is 0.467. The lowest BCUT2D eigenvalue weighted by Crippen LogP contribution is -2.23. The largest absolute Gasteiger partial charge is 0.273 e. The summed E-state index contributed by atoms with van der Waals surface area (Å²) in [6, 6.07) is 7.30. The Balaban J connectivity index is 1.84. The molecule has 0 aromatic heterocycles. The van der Waals surface area contributed by atoms with Crippen LogP contribution in [0.4, 0.5) is 0 Å². The van der Waals surface area contributed by atoms with Crippen molar-refractivity contribution in [3.8, 4) is 0 Å². The quantitative estimate of drug-likeness (QED) is 0.844. The number of hydrazone groups is 1. The van der Waals surface area contributed by atoms with Crippen LogP contribution in [0.25, 0.3) is 0 Å². The van der Waals surface area contributed by atoms with Crippen LogP contribution in [0.3, 0.4) is 0 Å². The number of rotatable bonds is 3. The van der Waals surface area contributed by atoms with E-state index in [1.807, 2.05) is 12.1 Å². The first-order chi connectivity index (χ1) is 9.13. The molecule has 1 aromatic rings. The van der Waals surface area contributed by atoms with Crippen molar-refractivity contribution >= 4 is 23.2 Å². The van der Waals surface area contributed by atoms with Gasteiger partial charge in [-0.05, 0) is 49.3 Å². The van der Waals surface area contributed by atoms with E-state index < -0.39 is 0 Å². The van der Waals surface area contributed by atoms with Crippen LogP contribution in [0.2, 0.25) is 5.02 Å². The van der Waals surface area contributed by atoms with E-state index in [4.69, 9.17) is 11.6 Å². The number of amides is 1. The summed E-state index contributed by atoms with van der Waals surface area (Å²) in [6.07, 6.45) is 4.78. The first-order valence-corrected chi connectivity index (χ1v) is 7.10. The van der Waals surface area contributed by atoms with E-state index in [0.717, 1.165) is 24.1 Å². The van der Waals surface area contributed by atoms with Crippen molar-refractivity contribution in [1.29, 1.82) is 0 Å². The molecule has 0 bridgehead atoms. The topological polar surface area (TPSA) is 41.5 Å². The molecule has 1 atom stereocenters. The molecule has 1 saturated carbocycles. The van der Waals surface area contributed by atoms with Crippen LogP contribution in [0, 0.1) is 5.92 Å². The molecule has 3 nitrogen and oxygen atoms in total. The van der Waals surface area contributed by atoms with Gasteiger partial charge in [0.25, 0.3) is 0 Å². The third kappa shape index (κ3) is 4.67. The molecule has 1 aromatic carbocycles. The highest BCUT2D eigenvalue weighted by molar-refractivity contribution is 6.30. The van der Waals surface area contributed by atoms with E-state index in [-0.39, 0.29) is 5.91 Å². The molecule has 2 rings (SSSR count). The molecule has 0 aliphatic heterocycles. The molecule has 0 spiro atoms. The number of nitrogens with one attached hydrogen (secondary N) is 1. The zero-order valence-corrected chi connectivity index (χ0v) is 11.9. The van der Waals surface area contributed by atoms with Gasteiger partial charge in [0, 0.05) is 10.7 Å². The third-order valence-electron chi connectivity index (χ3n) is 3.36. The van der Waals surface area contributed by atoms with Gasteiger partial charge in [-0.15, -0.1) is 0 Å². The summed E-state index contributed by atoms with van der Waals surface area (Å²) < 4.78 is 0. The van der Waals surface area contributed by atoms with Gasteiger partial charge >= 0.3 is 0 Å². The summed E-state index contributed by atoms with van der Waals surface area (Å²) in [4.78, 5) is 11.8. The fourth-order valence-electron chi connectivity index (χ4n) is 2.33. The molecule has 1 aliphatic carbocycles. The van der Waals surface area contributed by atoms with Gasteiger partial charge in [-0.1, -0.05) is 30.7 Å². The van der Waals surface area contributed by atoms with Gasteiger partial charge in [-0.2, -0.15) is 5.10 Å². The number of carbonyl (C=O) groups excluding carboxylic acids is 1. The van der Waals surface area contributed by atoms with Crippen LogP contribution in [-0.2, 0) is 11.2 Å². The molecule has 0 saturated heterocycles. The minimum Gasteiger partial charge on any atom is -0.273 e. The predicted octanol–water partition coefficient (Wildman–Crippen LogP) is 3.56. The average Bonchev–Trinajstić information content (AvgIpc) is 2.39. The van der Waals surface area contributed by atoms with E-state index in [1.54, 1.807) is 12.1 Å². The first-order valence-electron chi connectivity index (χ1n) is 6.72. The maximum atomic E-state index is 11.8. The highest BCUT2D eigenvalue weighted by Gasteiger charge is 2.14. The van der Waals surface area contributed by atoms with E-state index in [2.05, 4.69) is 17.5 Å². The van der Waals surface area contributed by atoms with Crippen molar-refractivity contribution in [3.05, 3.63) is 34.9 Å². The summed E-state index contributed by atoms with van der Waals surface area (Å²) in [5, 5.41) is 4.92. The third-order valence-corrected chi connectivity index (χ3v) is 3.61. The second-order valence-corrected chi connectivity index (χ2v) is 5.65. The van der Waals surface area contributed by atoms with E-state index in [1.165, 1.54) is 12.8 Å². The molecule has 0 radical (unpaired) electrons. The molecule has 1 fully saturated rings. The zero-order valence-electron chi connectivity index (χ0n) is 11.2. The van der Waals surface area contributed by atoms with Crippen LogP contribution in [0.1, 0.15) is 38.2 Å². The smallest absolute Gasteiger partial charge is 0.244 e. The number of hydrogen-bond acceptors (Lipinski definition) is 2. The van der Waals surface area contributed by atoms with Crippen molar-refractivity contribution in [2.24, 2.45) is 11.0 Å². The van der Waals surface area contributed by atoms with Crippen LogP contribution in [-0.4, -0.2) is 11.6 Å². The second-order valence-electron chi connectivity index (χ2n) is 5.22. The van der Waals surface area contributed by atoms with Gasteiger partial charge in [-0.3, -0.25) is 4.79 Å². The minimum atomic E-state index is -0.0759. The number of benzene rings is 1. The highest BCUT2D eigenvalue weighted by Crippen LogP contribution is 2.20.